The van der Waals surface area contributed by atoms with Gasteiger partial charge < -0.3 is 25.1 Å². The second-order valence-electron chi connectivity index (χ2n) is 24.0. The zero-order valence-electron chi connectivity index (χ0n) is 52.7. The molecule has 0 radical (unpaired) electrons. The van der Waals surface area contributed by atoms with Crippen LogP contribution in [0.25, 0.3) is 91.0 Å². The van der Waals surface area contributed by atoms with E-state index in [9.17, 15) is 8.78 Å². The third-order valence-corrected chi connectivity index (χ3v) is 17.7. The fraction of sp³-hybridized carbons (Fsp3) is 0.333. The molecule has 464 valence electrons. The summed E-state index contributed by atoms with van der Waals surface area (Å²) in [5.41, 5.74) is 17.3. The highest BCUT2D eigenvalue weighted by Gasteiger charge is 2.21. The maximum atomic E-state index is 14.9. The number of aromatic nitrogens is 10. The SMILES string of the molecule is C=C/C=C(/c1cc(F)cc(CCCN2CCCC2)c1)c1cc(-c2[nH]nc3ncc(-c4ccccn4)cc23)[nH]c1C.C=c1[nH]nc(-c2cc3c(-c4cc(F)cc(CCCN5CCCC5)c4)ccnc3[nH]2)/c1=C/C(=C\C)c1cncc(CNCC2CCCC2)c1.CC. The van der Waals surface area contributed by atoms with Gasteiger partial charge >= 0.3 is 0 Å². The molecule has 10 heterocycles. The molecule has 15 heteroatoms. The minimum absolute atomic E-state index is 0.211. The van der Waals surface area contributed by atoms with Gasteiger partial charge in [-0.3, -0.25) is 20.2 Å². The van der Waals surface area contributed by atoms with Crippen LogP contribution in [0.1, 0.15) is 124 Å². The van der Waals surface area contributed by atoms with Gasteiger partial charge in [0.15, 0.2) is 5.65 Å². The van der Waals surface area contributed by atoms with Crippen LogP contribution in [0, 0.1) is 24.5 Å². The average molecular weight is 1210 g/mol. The maximum absolute atomic E-state index is 14.9. The van der Waals surface area contributed by atoms with Gasteiger partial charge in [0.2, 0.25) is 0 Å². The quantitative estimate of drug-likeness (QED) is 0.0442. The second kappa shape index (κ2) is 30.2. The number of nitrogens with one attached hydrogen (secondary N) is 5. The lowest BCUT2D eigenvalue weighted by Gasteiger charge is -2.15. The number of hydrogen-bond acceptors (Lipinski definition) is 9. The maximum Gasteiger partial charge on any atom is 0.181 e. The Morgan fingerprint density at radius 3 is 2.16 bits per heavy atom. The van der Waals surface area contributed by atoms with Crippen molar-refractivity contribution in [2.75, 3.05) is 45.8 Å². The molecule has 3 fully saturated rings. The fourth-order valence-corrected chi connectivity index (χ4v) is 13.2. The van der Waals surface area contributed by atoms with Crippen LogP contribution in [0.2, 0.25) is 0 Å². The lowest BCUT2D eigenvalue weighted by atomic mass is 9.94. The molecule has 2 aliphatic heterocycles. The molecule has 0 atom stereocenters. The molecule has 13 rings (SSSR count). The van der Waals surface area contributed by atoms with Gasteiger partial charge in [-0.1, -0.05) is 76.3 Å². The summed E-state index contributed by atoms with van der Waals surface area (Å²) >= 11 is 0. The number of halogens is 2. The molecule has 0 amide bonds. The number of likely N-dealkylation sites (tertiary alicyclic amines) is 2. The number of fused-ring (bicyclic) bond motifs is 2. The topological polar surface area (TPSA) is 159 Å². The fourth-order valence-electron chi connectivity index (χ4n) is 13.2. The first-order chi connectivity index (χ1) is 44.1. The third-order valence-electron chi connectivity index (χ3n) is 17.7. The van der Waals surface area contributed by atoms with Gasteiger partial charge in [0.25, 0.3) is 0 Å². The van der Waals surface area contributed by atoms with Crippen molar-refractivity contribution in [3.63, 3.8) is 0 Å². The highest BCUT2D eigenvalue weighted by molar-refractivity contribution is 5.97. The van der Waals surface area contributed by atoms with E-state index in [1.165, 1.54) is 83.1 Å². The number of benzene rings is 2. The van der Waals surface area contributed by atoms with Crippen molar-refractivity contribution >= 4 is 45.9 Å². The molecule has 2 saturated heterocycles. The Bertz CT molecular complexity index is 4230. The number of hydrogen-bond donors (Lipinski definition) is 5. The van der Waals surface area contributed by atoms with Crippen molar-refractivity contribution < 1.29 is 8.78 Å². The summed E-state index contributed by atoms with van der Waals surface area (Å²) in [4.78, 5) is 30.2. The molecule has 10 aromatic rings. The number of nitrogens with zero attached hydrogens (tertiary/aromatic N) is 8. The predicted octanol–water partition coefficient (Wildman–Crippen LogP) is 14.9. The Morgan fingerprint density at radius 2 is 1.43 bits per heavy atom. The van der Waals surface area contributed by atoms with E-state index in [0.29, 0.717) is 5.65 Å². The van der Waals surface area contributed by atoms with Gasteiger partial charge in [0, 0.05) is 75.9 Å². The minimum atomic E-state index is -0.218. The van der Waals surface area contributed by atoms with Crippen LogP contribution in [0.15, 0.2) is 141 Å². The zero-order valence-corrected chi connectivity index (χ0v) is 52.7. The average Bonchev–Trinajstić information content (AvgIpc) is 1.72. The molecule has 8 aromatic heterocycles. The summed E-state index contributed by atoms with van der Waals surface area (Å²) in [6, 6.07) is 27.0. The molecule has 1 saturated carbocycles. The number of rotatable bonds is 21. The Balaban J connectivity index is 0.000000183. The summed E-state index contributed by atoms with van der Waals surface area (Å²) in [7, 11) is 0. The third kappa shape index (κ3) is 15.3. The lowest BCUT2D eigenvalue weighted by Crippen LogP contribution is -2.22. The van der Waals surface area contributed by atoms with Crippen molar-refractivity contribution in [1.29, 1.82) is 0 Å². The van der Waals surface area contributed by atoms with Gasteiger partial charge in [0.1, 0.15) is 23.0 Å². The first-order valence-corrected chi connectivity index (χ1v) is 32.5. The standard InChI is InChI=1S/C40H46FN7.C33H33FN6.C2H6/c1-3-31(33-18-30(25-43-26-33)24-42-23-28-9-4-5-10-28)21-36-27(2)46-47-39(36)38-22-37-35(12-13-44-40(37)45-38)32-17-29(19-34(41)20-32)11-8-16-48-14-6-7-15-48;1-3-9-27(24-16-23(17-26(34)18-24)10-8-15-40-13-6-7-14-40)28-20-31(37-22(28)2)32-29-19-25(21-36-33(29)39-38-32)30-11-4-5-12-35-30;1-2/h3,12-13,17-22,25-26,28,42,46H,2,4-11,14-16,23-24H2,1H3,(H,44,45);3-5,9,11-12,16-21,37H,1,6-8,10,13-15H2,2H3,(H,36,38,39);1-2H3/b31-3+,36-21+;27-9-;. The number of pyridine rings is 4. The molecule has 0 spiro atoms. The Kier molecular flexibility index (Phi) is 21.1. The monoisotopic (exact) mass is 1210 g/mol. The van der Waals surface area contributed by atoms with Gasteiger partial charge in [0.05, 0.1) is 28.1 Å². The first-order valence-electron chi connectivity index (χ1n) is 32.5. The molecule has 13 nitrogen and oxygen atoms in total. The molecular formula is C75H85F2N13. The smallest absolute Gasteiger partial charge is 0.181 e. The van der Waals surface area contributed by atoms with Crippen LogP contribution in [-0.4, -0.2) is 106 Å². The van der Waals surface area contributed by atoms with Gasteiger partial charge in [-0.2, -0.15) is 10.2 Å². The predicted molar refractivity (Wildman–Crippen MR) is 365 cm³/mol. The van der Waals surface area contributed by atoms with E-state index >= 15 is 0 Å². The van der Waals surface area contributed by atoms with Crippen LogP contribution in [-0.2, 0) is 19.4 Å². The first kappa shape index (κ1) is 62.8. The van der Waals surface area contributed by atoms with Crippen molar-refractivity contribution in [3.8, 4) is 45.2 Å². The molecule has 90 heavy (non-hydrogen) atoms. The van der Waals surface area contributed by atoms with E-state index < -0.39 is 0 Å². The summed E-state index contributed by atoms with van der Waals surface area (Å²) in [5.74, 6) is 0.370. The Hall–Kier alpha value is -8.76. The molecule has 2 aromatic carbocycles. The molecule has 0 bridgehead atoms. The van der Waals surface area contributed by atoms with Crippen LogP contribution in [0.5, 0.6) is 0 Å². The summed E-state index contributed by atoms with van der Waals surface area (Å²) in [5, 5.41) is 22.4. The van der Waals surface area contributed by atoms with Crippen LogP contribution in [0.3, 0.4) is 0 Å². The van der Waals surface area contributed by atoms with Gasteiger partial charge in [-0.05, 0) is 247 Å². The van der Waals surface area contributed by atoms with E-state index in [-0.39, 0.29) is 11.6 Å². The van der Waals surface area contributed by atoms with Crippen molar-refractivity contribution in [2.45, 2.75) is 111 Å². The second-order valence-corrected chi connectivity index (χ2v) is 24.0. The largest absolute Gasteiger partial charge is 0.357 e. The lowest BCUT2D eigenvalue weighted by molar-refractivity contribution is 0.334. The van der Waals surface area contributed by atoms with Crippen molar-refractivity contribution in [3.05, 3.63) is 202 Å². The van der Waals surface area contributed by atoms with E-state index in [1.807, 2.05) is 70.4 Å². The molecule has 0 unspecified atom stereocenters. The van der Waals surface area contributed by atoms with E-state index in [0.717, 1.165) is 175 Å². The van der Waals surface area contributed by atoms with Crippen LogP contribution in [0.4, 0.5) is 8.78 Å². The Labute approximate surface area is 527 Å². The number of allylic oxidation sites excluding steroid dienone is 4. The number of H-pyrrole nitrogens is 4. The highest BCUT2D eigenvalue weighted by atomic mass is 19.1. The van der Waals surface area contributed by atoms with E-state index in [1.54, 1.807) is 48.9 Å². The minimum Gasteiger partial charge on any atom is -0.357 e. The summed E-state index contributed by atoms with van der Waals surface area (Å²) in [6.45, 7) is 25.0. The number of aromatic amines is 4. The Morgan fingerprint density at radius 1 is 0.700 bits per heavy atom. The van der Waals surface area contributed by atoms with Gasteiger partial charge in [-0.25, -0.2) is 18.7 Å². The number of aryl methyl sites for hydroxylation is 3. The van der Waals surface area contributed by atoms with E-state index in [2.05, 4.69) is 127 Å². The van der Waals surface area contributed by atoms with Crippen molar-refractivity contribution in [1.82, 2.24) is 65.4 Å². The molecule has 1 aliphatic carbocycles. The summed E-state index contributed by atoms with van der Waals surface area (Å²) in [6.07, 6.45) is 31.4. The highest BCUT2D eigenvalue weighted by Crippen LogP contribution is 2.36. The van der Waals surface area contributed by atoms with E-state index in [4.69, 9.17) is 0 Å². The van der Waals surface area contributed by atoms with Crippen LogP contribution >= 0.6 is 0 Å². The molecule has 3 aliphatic rings. The molecular weight excluding hydrogens is 1120 g/mol. The summed E-state index contributed by atoms with van der Waals surface area (Å²) < 4.78 is 29.8. The van der Waals surface area contributed by atoms with Gasteiger partial charge in [-0.15, -0.1) is 0 Å². The molecule has 5 N–H and O–H groups in total. The van der Waals surface area contributed by atoms with Crippen LogP contribution < -0.4 is 15.9 Å². The zero-order chi connectivity index (χ0) is 62.3. The normalized spacial score (nSPS) is 15.2. The van der Waals surface area contributed by atoms with Crippen molar-refractivity contribution in [2.24, 2.45) is 5.92 Å².